The summed E-state index contributed by atoms with van der Waals surface area (Å²) in [6.07, 6.45) is 10.6. The van der Waals surface area contributed by atoms with Crippen molar-refractivity contribution in [1.82, 2.24) is 0 Å². The Bertz CT molecular complexity index is 163. The van der Waals surface area contributed by atoms with Crippen molar-refractivity contribution in [2.24, 2.45) is 5.92 Å². The van der Waals surface area contributed by atoms with Crippen molar-refractivity contribution < 1.29 is 13.3 Å². The van der Waals surface area contributed by atoms with Crippen molar-refractivity contribution in [2.75, 3.05) is 14.2 Å². The SMILES string of the molecule is CO[SiH](OC)OC=CC1CCCCC1. The van der Waals surface area contributed by atoms with Gasteiger partial charge in [-0.05, 0) is 24.8 Å². The Balaban J connectivity index is 2.17. The lowest BCUT2D eigenvalue weighted by Crippen LogP contribution is -2.21. The fourth-order valence-corrected chi connectivity index (χ4v) is 2.39. The highest BCUT2D eigenvalue weighted by molar-refractivity contribution is 6.36. The largest absolute Gasteiger partial charge is 0.548 e. The summed E-state index contributed by atoms with van der Waals surface area (Å²) in [6, 6.07) is 0. The van der Waals surface area contributed by atoms with Gasteiger partial charge in [-0.2, -0.15) is 0 Å². The first-order valence-corrected chi connectivity index (χ1v) is 6.66. The summed E-state index contributed by atoms with van der Waals surface area (Å²) in [5, 5.41) is 0. The van der Waals surface area contributed by atoms with Gasteiger partial charge in [0.1, 0.15) is 0 Å². The Hall–Kier alpha value is -0.323. The van der Waals surface area contributed by atoms with E-state index in [1.165, 1.54) is 32.1 Å². The maximum atomic E-state index is 5.36. The third-order valence-electron chi connectivity index (χ3n) is 2.58. The number of rotatable bonds is 5. The molecule has 1 aliphatic rings. The van der Waals surface area contributed by atoms with Gasteiger partial charge in [-0.1, -0.05) is 19.3 Å². The van der Waals surface area contributed by atoms with Crippen molar-refractivity contribution in [1.29, 1.82) is 0 Å². The molecule has 0 aromatic rings. The molecule has 1 saturated carbocycles. The average molecular weight is 216 g/mol. The van der Waals surface area contributed by atoms with Gasteiger partial charge in [0.05, 0.1) is 6.26 Å². The van der Waals surface area contributed by atoms with Gasteiger partial charge < -0.3 is 13.3 Å². The summed E-state index contributed by atoms with van der Waals surface area (Å²) >= 11 is 0. The normalized spacial score (nSPS) is 19.4. The summed E-state index contributed by atoms with van der Waals surface area (Å²) in [7, 11) is 1.39. The predicted octanol–water partition coefficient (Wildman–Crippen LogP) is 2.11. The second kappa shape index (κ2) is 7.03. The monoisotopic (exact) mass is 216 g/mol. The molecule has 0 saturated heterocycles. The molecule has 0 heterocycles. The molecule has 0 aromatic heterocycles. The van der Waals surface area contributed by atoms with Crippen LogP contribution in [0.5, 0.6) is 0 Å². The molecule has 0 bridgehead atoms. The Morgan fingerprint density at radius 1 is 1.07 bits per heavy atom. The molecule has 14 heavy (non-hydrogen) atoms. The molecule has 0 amide bonds. The first-order valence-electron chi connectivity index (χ1n) is 5.24. The summed E-state index contributed by atoms with van der Waals surface area (Å²) in [5.41, 5.74) is 0. The third kappa shape index (κ3) is 4.26. The van der Waals surface area contributed by atoms with Crippen LogP contribution in [-0.4, -0.2) is 23.7 Å². The van der Waals surface area contributed by atoms with Gasteiger partial charge >= 0.3 is 9.53 Å². The van der Waals surface area contributed by atoms with Gasteiger partial charge in [-0.25, -0.2) is 0 Å². The minimum absolute atomic E-state index is 0.701. The molecule has 1 aliphatic carbocycles. The lowest BCUT2D eigenvalue weighted by molar-refractivity contribution is 0.180. The van der Waals surface area contributed by atoms with E-state index >= 15 is 0 Å². The van der Waals surface area contributed by atoms with Crippen LogP contribution in [-0.2, 0) is 13.3 Å². The van der Waals surface area contributed by atoms with Crippen molar-refractivity contribution in [2.45, 2.75) is 32.1 Å². The Morgan fingerprint density at radius 2 is 1.71 bits per heavy atom. The standard InChI is InChI=1S/C10H20O3Si/c1-11-14(12-2)13-9-8-10-6-4-3-5-7-10/h8-10,14H,3-7H2,1-2H3. The van der Waals surface area contributed by atoms with Crippen LogP contribution in [0.15, 0.2) is 12.3 Å². The van der Waals surface area contributed by atoms with E-state index in [4.69, 9.17) is 13.3 Å². The van der Waals surface area contributed by atoms with Crippen LogP contribution in [0.1, 0.15) is 32.1 Å². The van der Waals surface area contributed by atoms with Gasteiger partial charge in [0, 0.05) is 14.2 Å². The topological polar surface area (TPSA) is 27.7 Å². The van der Waals surface area contributed by atoms with Crippen molar-refractivity contribution >= 4 is 9.53 Å². The highest BCUT2D eigenvalue weighted by atomic mass is 28.3. The lowest BCUT2D eigenvalue weighted by Gasteiger charge is -2.18. The molecule has 1 rings (SSSR count). The van der Waals surface area contributed by atoms with Crippen LogP contribution in [0.3, 0.4) is 0 Å². The van der Waals surface area contributed by atoms with Crippen LogP contribution < -0.4 is 0 Å². The first-order chi connectivity index (χ1) is 6.86. The van der Waals surface area contributed by atoms with Crippen molar-refractivity contribution in [3.8, 4) is 0 Å². The highest BCUT2D eigenvalue weighted by Crippen LogP contribution is 2.24. The zero-order chi connectivity index (χ0) is 10.2. The molecule has 0 radical (unpaired) electrons. The quantitative estimate of drug-likeness (QED) is 0.520. The summed E-state index contributed by atoms with van der Waals surface area (Å²) in [5.74, 6) is 0.701. The molecule has 0 atom stereocenters. The predicted molar refractivity (Wildman–Crippen MR) is 58.0 cm³/mol. The van der Waals surface area contributed by atoms with Gasteiger partial charge in [0.15, 0.2) is 0 Å². The number of hydrogen-bond acceptors (Lipinski definition) is 3. The van der Waals surface area contributed by atoms with E-state index in [-0.39, 0.29) is 0 Å². The molecule has 0 aliphatic heterocycles. The molecule has 4 heteroatoms. The molecular formula is C10H20O3Si. The van der Waals surface area contributed by atoms with E-state index in [1.54, 1.807) is 20.5 Å². The van der Waals surface area contributed by atoms with E-state index in [1.807, 2.05) is 0 Å². The molecule has 3 nitrogen and oxygen atoms in total. The Kier molecular flexibility index (Phi) is 5.90. The van der Waals surface area contributed by atoms with E-state index in [0.717, 1.165) is 0 Å². The Morgan fingerprint density at radius 3 is 2.29 bits per heavy atom. The molecular weight excluding hydrogens is 196 g/mol. The van der Waals surface area contributed by atoms with Crippen LogP contribution >= 0.6 is 0 Å². The summed E-state index contributed by atoms with van der Waals surface area (Å²) in [4.78, 5) is 0. The average Bonchev–Trinajstić information content (AvgIpc) is 2.26. The first kappa shape index (κ1) is 11.7. The third-order valence-corrected chi connectivity index (χ3v) is 3.72. The number of allylic oxidation sites excluding steroid dienone is 1. The fourth-order valence-electron chi connectivity index (χ4n) is 1.75. The van der Waals surface area contributed by atoms with Crippen LogP contribution in [0.25, 0.3) is 0 Å². The van der Waals surface area contributed by atoms with E-state index in [0.29, 0.717) is 5.92 Å². The number of hydrogen-bond donors (Lipinski definition) is 0. The van der Waals surface area contributed by atoms with E-state index in [2.05, 4.69) is 6.08 Å². The summed E-state index contributed by atoms with van der Waals surface area (Å²) < 4.78 is 15.4. The smallest absolute Gasteiger partial charge is 0.510 e. The minimum Gasteiger partial charge on any atom is -0.510 e. The summed E-state index contributed by atoms with van der Waals surface area (Å²) in [6.45, 7) is 0. The molecule has 82 valence electrons. The fraction of sp³-hybridized carbons (Fsp3) is 0.800. The zero-order valence-electron chi connectivity index (χ0n) is 9.07. The molecule has 0 unspecified atom stereocenters. The van der Waals surface area contributed by atoms with E-state index < -0.39 is 9.53 Å². The van der Waals surface area contributed by atoms with Gasteiger partial charge in [0.2, 0.25) is 0 Å². The van der Waals surface area contributed by atoms with Crippen LogP contribution in [0, 0.1) is 5.92 Å². The maximum absolute atomic E-state index is 5.36. The Labute approximate surface area is 88.0 Å². The van der Waals surface area contributed by atoms with Crippen molar-refractivity contribution in [3.63, 3.8) is 0 Å². The molecule has 0 spiro atoms. The second-order valence-electron chi connectivity index (χ2n) is 3.62. The maximum Gasteiger partial charge on any atom is 0.548 e. The highest BCUT2D eigenvalue weighted by Gasteiger charge is 2.12. The van der Waals surface area contributed by atoms with Crippen LogP contribution in [0.2, 0.25) is 0 Å². The molecule has 1 fully saturated rings. The zero-order valence-corrected chi connectivity index (χ0v) is 10.2. The van der Waals surface area contributed by atoms with Crippen molar-refractivity contribution in [3.05, 3.63) is 12.3 Å². The minimum atomic E-state index is -1.85. The second-order valence-corrected chi connectivity index (χ2v) is 5.42. The van der Waals surface area contributed by atoms with Gasteiger partial charge in [0.25, 0.3) is 0 Å². The van der Waals surface area contributed by atoms with E-state index in [9.17, 15) is 0 Å². The van der Waals surface area contributed by atoms with Gasteiger partial charge in [-0.3, -0.25) is 0 Å². The van der Waals surface area contributed by atoms with Crippen LogP contribution in [0.4, 0.5) is 0 Å². The molecule has 0 N–H and O–H groups in total. The lowest BCUT2D eigenvalue weighted by atomic mass is 9.89. The van der Waals surface area contributed by atoms with Gasteiger partial charge in [-0.15, -0.1) is 0 Å². The molecule has 0 aromatic carbocycles.